The third-order valence-corrected chi connectivity index (χ3v) is 3.77. The molecule has 2 rings (SSSR count). The molecule has 102 valence electrons. The standard InChI is InChI=1S/C17H23NO/c1-18(13-12-15-8-4-2-5-9-15)17(19)14-16-10-6-3-7-11-16/h2,4-5,8-10H,3,6-7,11-14H2,1H3. The van der Waals surface area contributed by atoms with E-state index in [2.05, 4.69) is 18.2 Å². The van der Waals surface area contributed by atoms with E-state index in [1.54, 1.807) is 0 Å². The van der Waals surface area contributed by atoms with Crippen LogP contribution in [0.2, 0.25) is 0 Å². The van der Waals surface area contributed by atoms with Crippen LogP contribution in [-0.2, 0) is 11.2 Å². The first-order chi connectivity index (χ1) is 9.25. The first-order valence-corrected chi connectivity index (χ1v) is 7.21. The van der Waals surface area contributed by atoms with Gasteiger partial charge >= 0.3 is 0 Å². The average molecular weight is 257 g/mol. The minimum Gasteiger partial charge on any atom is -0.345 e. The summed E-state index contributed by atoms with van der Waals surface area (Å²) in [4.78, 5) is 14.0. The molecule has 0 heterocycles. The molecule has 1 amide bonds. The molecule has 0 bridgehead atoms. The Bertz CT molecular complexity index is 436. The first kappa shape index (κ1) is 13.9. The summed E-state index contributed by atoms with van der Waals surface area (Å²) >= 11 is 0. The van der Waals surface area contributed by atoms with E-state index in [1.807, 2.05) is 30.1 Å². The average Bonchev–Trinajstić information content (AvgIpc) is 2.47. The zero-order chi connectivity index (χ0) is 13.5. The highest BCUT2D eigenvalue weighted by Gasteiger charge is 2.12. The Morgan fingerprint density at radius 1 is 1.21 bits per heavy atom. The van der Waals surface area contributed by atoms with E-state index in [1.165, 1.54) is 24.0 Å². The Labute approximate surface area is 116 Å². The minimum atomic E-state index is 0.254. The van der Waals surface area contributed by atoms with Crippen LogP contribution in [0.25, 0.3) is 0 Å². The maximum absolute atomic E-state index is 12.1. The summed E-state index contributed by atoms with van der Waals surface area (Å²) in [5.74, 6) is 0.254. The smallest absolute Gasteiger partial charge is 0.226 e. The van der Waals surface area contributed by atoms with Gasteiger partial charge in [0.2, 0.25) is 5.91 Å². The van der Waals surface area contributed by atoms with Gasteiger partial charge in [0.15, 0.2) is 0 Å². The zero-order valence-electron chi connectivity index (χ0n) is 11.8. The van der Waals surface area contributed by atoms with E-state index >= 15 is 0 Å². The molecule has 0 aromatic heterocycles. The summed E-state index contributed by atoms with van der Waals surface area (Å²) in [7, 11) is 1.91. The molecule has 0 aliphatic heterocycles. The van der Waals surface area contributed by atoms with Crippen molar-refractivity contribution in [1.29, 1.82) is 0 Å². The largest absolute Gasteiger partial charge is 0.345 e. The van der Waals surface area contributed by atoms with Crippen LogP contribution in [0, 0.1) is 0 Å². The third kappa shape index (κ3) is 4.55. The topological polar surface area (TPSA) is 20.3 Å². The fourth-order valence-electron chi connectivity index (χ4n) is 2.46. The number of amides is 1. The lowest BCUT2D eigenvalue weighted by molar-refractivity contribution is -0.129. The van der Waals surface area contributed by atoms with Crippen molar-refractivity contribution in [1.82, 2.24) is 4.90 Å². The molecule has 0 fully saturated rings. The van der Waals surface area contributed by atoms with Crippen molar-refractivity contribution in [2.75, 3.05) is 13.6 Å². The Morgan fingerprint density at radius 3 is 2.68 bits per heavy atom. The van der Waals surface area contributed by atoms with Gasteiger partial charge in [0.05, 0.1) is 0 Å². The van der Waals surface area contributed by atoms with E-state index < -0.39 is 0 Å². The molecule has 0 saturated heterocycles. The molecule has 19 heavy (non-hydrogen) atoms. The molecular weight excluding hydrogens is 234 g/mol. The van der Waals surface area contributed by atoms with Crippen LogP contribution in [-0.4, -0.2) is 24.4 Å². The lowest BCUT2D eigenvalue weighted by atomic mass is 9.97. The van der Waals surface area contributed by atoms with Gasteiger partial charge in [0, 0.05) is 20.0 Å². The van der Waals surface area contributed by atoms with Gasteiger partial charge in [-0.05, 0) is 37.7 Å². The van der Waals surface area contributed by atoms with E-state index in [0.29, 0.717) is 6.42 Å². The van der Waals surface area contributed by atoms with Crippen LogP contribution in [0.15, 0.2) is 42.0 Å². The number of rotatable bonds is 5. The van der Waals surface area contributed by atoms with E-state index in [-0.39, 0.29) is 5.91 Å². The fourth-order valence-corrected chi connectivity index (χ4v) is 2.46. The predicted molar refractivity (Wildman–Crippen MR) is 79.0 cm³/mol. The van der Waals surface area contributed by atoms with Gasteiger partial charge in [-0.3, -0.25) is 4.79 Å². The summed E-state index contributed by atoms with van der Waals surface area (Å²) in [5.41, 5.74) is 2.63. The molecule has 1 aromatic carbocycles. The highest BCUT2D eigenvalue weighted by molar-refractivity contribution is 5.78. The number of carbonyl (C=O) groups excluding carboxylic acids is 1. The van der Waals surface area contributed by atoms with Gasteiger partial charge in [0.25, 0.3) is 0 Å². The van der Waals surface area contributed by atoms with Crippen LogP contribution in [0.1, 0.15) is 37.7 Å². The third-order valence-electron chi connectivity index (χ3n) is 3.77. The van der Waals surface area contributed by atoms with Gasteiger partial charge < -0.3 is 4.90 Å². The van der Waals surface area contributed by atoms with Crippen molar-refractivity contribution in [3.05, 3.63) is 47.5 Å². The van der Waals surface area contributed by atoms with Gasteiger partial charge in [-0.2, -0.15) is 0 Å². The number of hydrogen-bond donors (Lipinski definition) is 0. The molecule has 1 aromatic rings. The number of allylic oxidation sites excluding steroid dienone is 1. The van der Waals surface area contributed by atoms with Crippen molar-refractivity contribution in [3.8, 4) is 0 Å². The quantitative estimate of drug-likeness (QED) is 0.738. The molecule has 0 N–H and O–H groups in total. The van der Waals surface area contributed by atoms with Crippen molar-refractivity contribution in [2.45, 2.75) is 38.5 Å². The molecule has 0 saturated carbocycles. The first-order valence-electron chi connectivity index (χ1n) is 7.21. The highest BCUT2D eigenvalue weighted by Crippen LogP contribution is 2.20. The van der Waals surface area contributed by atoms with Gasteiger partial charge in [0.1, 0.15) is 0 Å². The van der Waals surface area contributed by atoms with Crippen LogP contribution in [0.4, 0.5) is 0 Å². The molecule has 0 radical (unpaired) electrons. The van der Waals surface area contributed by atoms with E-state index in [9.17, 15) is 4.79 Å². The Kier molecular flexibility index (Phi) is 5.20. The normalized spacial score (nSPS) is 14.9. The number of hydrogen-bond acceptors (Lipinski definition) is 1. The second kappa shape index (κ2) is 7.13. The summed E-state index contributed by atoms with van der Waals surface area (Å²) in [6.07, 6.45) is 8.59. The summed E-state index contributed by atoms with van der Waals surface area (Å²) in [6, 6.07) is 10.3. The molecule has 0 atom stereocenters. The van der Waals surface area contributed by atoms with Gasteiger partial charge in [-0.1, -0.05) is 42.0 Å². The number of likely N-dealkylation sites (N-methyl/N-ethyl adjacent to an activating group) is 1. The Morgan fingerprint density at radius 2 is 2.00 bits per heavy atom. The molecule has 2 nitrogen and oxygen atoms in total. The summed E-state index contributed by atoms with van der Waals surface area (Å²) < 4.78 is 0. The van der Waals surface area contributed by atoms with Crippen molar-refractivity contribution < 1.29 is 4.79 Å². The van der Waals surface area contributed by atoms with Crippen LogP contribution >= 0.6 is 0 Å². The van der Waals surface area contributed by atoms with E-state index in [4.69, 9.17) is 0 Å². The maximum atomic E-state index is 12.1. The fraction of sp³-hybridized carbons (Fsp3) is 0.471. The Hall–Kier alpha value is -1.57. The number of carbonyl (C=O) groups is 1. The molecular formula is C17H23NO. The lowest BCUT2D eigenvalue weighted by Crippen LogP contribution is -2.29. The number of nitrogens with zero attached hydrogens (tertiary/aromatic N) is 1. The molecule has 0 spiro atoms. The van der Waals surface area contributed by atoms with Crippen LogP contribution in [0.3, 0.4) is 0 Å². The van der Waals surface area contributed by atoms with Gasteiger partial charge in [-0.15, -0.1) is 0 Å². The van der Waals surface area contributed by atoms with Crippen LogP contribution in [0.5, 0.6) is 0 Å². The van der Waals surface area contributed by atoms with Crippen molar-refractivity contribution >= 4 is 5.91 Å². The summed E-state index contributed by atoms with van der Waals surface area (Å²) in [6.45, 7) is 0.802. The monoisotopic (exact) mass is 257 g/mol. The number of benzene rings is 1. The molecule has 1 aliphatic rings. The van der Waals surface area contributed by atoms with Gasteiger partial charge in [-0.25, -0.2) is 0 Å². The SMILES string of the molecule is CN(CCc1ccccc1)C(=O)CC1=CCCCC1. The highest BCUT2D eigenvalue weighted by atomic mass is 16.2. The van der Waals surface area contributed by atoms with E-state index in [0.717, 1.165) is 25.8 Å². The minimum absolute atomic E-state index is 0.254. The van der Waals surface area contributed by atoms with Crippen LogP contribution < -0.4 is 0 Å². The molecule has 1 aliphatic carbocycles. The molecule has 2 heteroatoms. The van der Waals surface area contributed by atoms with Crippen molar-refractivity contribution in [3.63, 3.8) is 0 Å². The zero-order valence-corrected chi connectivity index (χ0v) is 11.8. The second-order valence-corrected chi connectivity index (χ2v) is 5.34. The lowest BCUT2D eigenvalue weighted by Gasteiger charge is -2.19. The predicted octanol–water partition coefficient (Wildman–Crippen LogP) is 3.58. The van der Waals surface area contributed by atoms with Crippen molar-refractivity contribution in [2.24, 2.45) is 0 Å². The molecule has 0 unspecified atom stereocenters. The summed E-state index contributed by atoms with van der Waals surface area (Å²) in [5, 5.41) is 0. The maximum Gasteiger partial charge on any atom is 0.226 e. The Balaban J connectivity index is 1.77. The second-order valence-electron chi connectivity index (χ2n) is 5.34.